The van der Waals surface area contributed by atoms with E-state index in [4.69, 9.17) is 9.88 Å². The van der Waals surface area contributed by atoms with E-state index >= 15 is 0 Å². The van der Waals surface area contributed by atoms with Crippen molar-refractivity contribution in [3.05, 3.63) is 11.4 Å². The number of carbonyl (C=O) groups excluding carboxylic acids is 1. The Morgan fingerprint density at radius 3 is 2.52 bits per heavy atom. The Kier molecular flexibility index (Phi) is 5.48. The third kappa shape index (κ3) is 4.51. The normalized spacial score (nSPS) is 12.4. The van der Waals surface area contributed by atoms with Crippen LogP contribution in [0.1, 0.15) is 43.9 Å². The third-order valence-electron chi connectivity index (χ3n) is 2.85. The molecule has 8 nitrogen and oxygen atoms in total. The summed E-state index contributed by atoms with van der Waals surface area (Å²) in [7, 11) is -4.03. The van der Waals surface area contributed by atoms with Gasteiger partial charge in [0.1, 0.15) is 4.90 Å². The number of aromatic nitrogens is 2. The molecule has 0 atom stereocenters. The summed E-state index contributed by atoms with van der Waals surface area (Å²) >= 11 is 0. The van der Waals surface area contributed by atoms with Gasteiger partial charge in [-0.15, -0.1) is 0 Å². The highest BCUT2D eigenvalue weighted by molar-refractivity contribution is 7.89. The maximum absolute atomic E-state index is 12.1. The predicted molar refractivity (Wildman–Crippen MR) is 77.4 cm³/mol. The van der Waals surface area contributed by atoms with Crippen LogP contribution in [0.2, 0.25) is 0 Å². The quantitative estimate of drug-likeness (QED) is 0.660. The van der Waals surface area contributed by atoms with Crippen molar-refractivity contribution >= 4 is 15.9 Å². The first-order chi connectivity index (χ1) is 9.62. The van der Waals surface area contributed by atoms with Crippen molar-refractivity contribution in [3.63, 3.8) is 0 Å². The number of hydrogen-bond acceptors (Lipinski definition) is 5. The van der Waals surface area contributed by atoms with Crippen molar-refractivity contribution in [3.8, 4) is 0 Å². The summed E-state index contributed by atoms with van der Waals surface area (Å²) in [5.41, 5.74) is -0.468. The molecule has 0 aliphatic carbocycles. The Bertz CT molecular complexity index is 607. The molecule has 1 amide bonds. The van der Waals surface area contributed by atoms with E-state index in [0.717, 1.165) is 0 Å². The molecule has 120 valence electrons. The number of nitrogens with two attached hydrogens (primary N) is 1. The van der Waals surface area contributed by atoms with E-state index in [-0.39, 0.29) is 17.1 Å². The Morgan fingerprint density at radius 2 is 2.05 bits per heavy atom. The zero-order valence-electron chi connectivity index (χ0n) is 12.7. The molecular formula is C12H22N4O4S. The summed E-state index contributed by atoms with van der Waals surface area (Å²) < 4.78 is 28.7. The maximum atomic E-state index is 12.1. The highest BCUT2D eigenvalue weighted by Gasteiger charge is 2.28. The molecule has 21 heavy (non-hydrogen) atoms. The summed E-state index contributed by atoms with van der Waals surface area (Å²) in [4.78, 5) is 11.9. The molecule has 1 aromatic rings. The zero-order chi connectivity index (χ0) is 16.3. The van der Waals surface area contributed by atoms with Gasteiger partial charge in [0.05, 0.1) is 11.3 Å². The number of rotatable bonds is 7. The zero-order valence-corrected chi connectivity index (χ0v) is 13.5. The molecule has 1 heterocycles. The van der Waals surface area contributed by atoms with Gasteiger partial charge in [0.25, 0.3) is 5.91 Å². The largest absolute Gasteiger partial charge is 0.374 e. The Balaban J connectivity index is 2.97. The average Bonchev–Trinajstić information content (AvgIpc) is 2.79. The topological polar surface area (TPSA) is 127 Å². The van der Waals surface area contributed by atoms with Crippen LogP contribution < -0.4 is 10.5 Å². The second-order valence-corrected chi connectivity index (χ2v) is 6.65. The van der Waals surface area contributed by atoms with Crippen LogP contribution in [0.25, 0.3) is 0 Å². The van der Waals surface area contributed by atoms with Crippen molar-refractivity contribution in [1.82, 2.24) is 15.5 Å². The second kappa shape index (κ2) is 6.54. The number of primary sulfonamides is 1. The van der Waals surface area contributed by atoms with Crippen LogP contribution in [0, 0.1) is 0 Å². The minimum atomic E-state index is -4.03. The van der Waals surface area contributed by atoms with Crippen LogP contribution in [0.4, 0.5) is 0 Å². The molecule has 0 bridgehead atoms. The summed E-state index contributed by atoms with van der Waals surface area (Å²) in [6.45, 7) is 7.95. The van der Waals surface area contributed by atoms with Gasteiger partial charge in [-0.05, 0) is 27.2 Å². The van der Waals surface area contributed by atoms with Gasteiger partial charge in [0.15, 0.2) is 5.69 Å². The molecule has 0 unspecified atom stereocenters. The van der Waals surface area contributed by atoms with Gasteiger partial charge in [-0.3, -0.25) is 9.89 Å². The summed E-state index contributed by atoms with van der Waals surface area (Å²) in [6.07, 6.45) is 0.372. The van der Waals surface area contributed by atoms with Crippen LogP contribution in [-0.2, 0) is 21.2 Å². The van der Waals surface area contributed by atoms with Crippen molar-refractivity contribution in [1.29, 1.82) is 0 Å². The fourth-order valence-electron chi connectivity index (χ4n) is 1.89. The van der Waals surface area contributed by atoms with E-state index in [9.17, 15) is 13.2 Å². The molecular weight excluding hydrogens is 296 g/mol. The van der Waals surface area contributed by atoms with Crippen LogP contribution in [0.3, 0.4) is 0 Å². The average molecular weight is 318 g/mol. The first kappa shape index (κ1) is 17.6. The summed E-state index contributed by atoms with van der Waals surface area (Å²) in [5, 5.41) is 14.1. The molecule has 0 aliphatic rings. The number of amides is 1. The number of aromatic amines is 1. The van der Waals surface area contributed by atoms with Crippen LogP contribution in [0.15, 0.2) is 4.90 Å². The van der Waals surface area contributed by atoms with Crippen molar-refractivity contribution in [2.75, 3.05) is 13.2 Å². The molecule has 1 aromatic heterocycles. The van der Waals surface area contributed by atoms with Gasteiger partial charge in [0.2, 0.25) is 10.0 Å². The molecule has 0 aliphatic heterocycles. The SMILES string of the molecule is CCOC(C)(C)CNC(=O)c1n[nH]c(CC)c1S(N)(=O)=O. The van der Waals surface area contributed by atoms with Gasteiger partial charge in [0, 0.05) is 13.2 Å². The molecule has 0 radical (unpaired) electrons. The smallest absolute Gasteiger partial charge is 0.273 e. The number of H-pyrrole nitrogens is 1. The second-order valence-electron chi connectivity index (χ2n) is 5.15. The molecule has 9 heteroatoms. The minimum absolute atomic E-state index is 0.220. The third-order valence-corrected chi connectivity index (χ3v) is 3.86. The number of hydrogen-bond donors (Lipinski definition) is 3. The van der Waals surface area contributed by atoms with E-state index in [1.165, 1.54) is 0 Å². The molecule has 1 rings (SSSR count). The molecule has 4 N–H and O–H groups in total. The lowest BCUT2D eigenvalue weighted by Crippen LogP contribution is -2.41. The number of nitrogens with one attached hydrogen (secondary N) is 2. The predicted octanol–water partition coefficient (Wildman–Crippen LogP) is 0.164. The van der Waals surface area contributed by atoms with Gasteiger partial charge in [-0.25, -0.2) is 13.6 Å². The van der Waals surface area contributed by atoms with Crippen LogP contribution in [0.5, 0.6) is 0 Å². The monoisotopic (exact) mass is 318 g/mol. The Morgan fingerprint density at radius 1 is 1.43 bits per heavy atom. The highest BCUT2D eigenvalue weighted by atomic mass is 32.2. The first-order valence-electron chi connectivity index (χ1n) is 6.64. The minimum Gasteiger partial charge on any atom is -0.374 e. The van der Waals surface area contributed by atoms with Crippen LogP contribution >= 0.6 is 0 Å². The van der Waals surface area contributed by atoms with E-state index < -0.39 is 21.5 Å². The summed E-state index contributed by atoms with van der Waals surface area (Å²) in [5.74, 6) is -0.609. The van der Waals surface area contributed by atoms with E-state index in [2.05, 4.69) is 15.5 Å². The fourth-order valence-corrected chi connectivity index (χ4v) is 2.83. The van der Waals surface area contributed by atoms with Crippen molar-refractivity contribution < 1.29 is 17.9 Å². The molecule has 0 fully saturated rings. The fraction of sp³-hybridized carbons (Fsp3) is 0.667. The van der Waals surface area contributed by atoms with Crippen molar-refractivity contribution in [2.45, 2.75) is 44.6 Å². The lowest BCUT2D eigenvalue weighted by molar-refractivity contribution is -0.00820. The molecule has 0 saturated heterocycles. The Hall–Kier alpha value is -1.45. The number of carbonyl (C=O) groups is 1. The van der Waals surface area contributed by atoms with Gasteiger partial charge in [-0.2, -0.15) is 5.10 Å². The number of sulfonamides is 1. The lowest BCUT2D eigenvalue weighted by atomic mass is 10.1. The number of aryl methyl sites for hydroxylation is 1. The van der Waals surface area contributed by atoms with Crippen LogP contribution in [-0.4, -0.2) is 43.3 Å². The summed E-state index contributed by atoms with van der Waals surface area (Å²) in [6, 6.07) is 0. The lowest BCUT2D eigenvalue weighted by Gasteiger charge is -2.24. The van der Waals surface area contributed by atoms with E-state index in [0.29, 0.717) is 18.7 Å². The van der Waals surface area contributed by atoms with E-state index in [1.807, 2.05) is 20.8 Å². The first-order valence-corrected chi connectivity index (χ1v) is 8.19. The maximum Gasteiger partial charge on any atom is 0.273 e. The number of ether oxygens (including phenoxy) is 1. The van der Waals surface area contributed by atoms with Gasteiger partial charge < -0.3 is 10.1 Å². The molecule has 0 spiro atoms. The highest BCUT2D eigenvalue weighted by Crippen LogP contribution is 2.17. The van der Waals surface area contributed by atoms with Crippen molar-refractivity contribution in [2.24, 2.45) is 5.14 Å². The van der Waals surface area contributed by atoms with E-state index in [1.54, 1.807) is 6.92 Å². The number of nitrogens with zero attached hydrogens (tertiary/aromatic N) is 1. The molecule has 0 saturated carbocycles. The van der Waals surface area contributed by atoms with Gasteiger partial charge in [-0.1, -0.05) is 6.92 Å². The standard InChI is InChI=1S/C12H22N4O4S/c1-5-8-10(21(13,18)19)9(16-15-8)11(17)14-7-12(3,4)20-6-2/h5-7H2,1-4H3,(H,14,17)(H,15,16)(H2,13,18,19). The van der Waals surface area contributed by atoms with Gasteiger partial charge >= 0.3 is 0 Å². The molecule has 0 aromatic carbocycles. The Labute approximate surface area is 124 Å².